The number of benzene rings is 2. The molecule has 2 amide bonds. The van der Waals surface area contributed by atoms with Crippen molar-refractivity contribution in [3.63, 3.8) is 0 Å². The van der Waals surface area contributed by atoms with Crippen molar-refractivity contribution in [2.75, 3.05) is 52.5 Å². The summed E-state index contributed by atoms with van der Waals surface area (Å²) in [7, 11) is 0. The molecule has 0 radical (unpaired) electrons. The standard InChI is InChI=1S/C19H21ClN4O3.C14H18N2O3.C5H4BrClN2/c20-18-21-8-15(9-22-18)10-23-11-16-17(12-23)26-7-6-24(16)19(25)27-13-14-4-2-1-3-5-14;17-14(19-10-11-4-2-1-3-5-11)16-6-7-18-13-9-15-8-12(13)16;6-1-4-2-8-5(7)9-3-4/h1-5,8-9,16-17H,6-7,10-13H2;1-5,12-13,15H,6-10H2;2-3H,1H2/t16-,17+;12-,13+;/m00./s1. The number of hydrogen-bond acceptors (Lipinski definition) is 12. The fourth-order valence-electron chi connectivity index (χ4n) is 6.63. The van der Waals surface area contributed by atoms with E-state index in [1.54, 1.807) is 34.6 Å². The third kappa shape index (κ3) is 12.0. The maximum atomic E-state index is 12.6. The molecule has 0 unspecified atom stereocenters. The van der Waals surface area contributed by atoms with Gasteiger partial charge in [0.2, 0.25) is 10.6 Å². The minimum absolute atomic E-state index is 0.00348. The minimum Gasteiger partial charge on any atom is -0.445 e. The summed E-state index contributed by atoms with van der Waals surface area (Å²) in [5, 5.41) is 4.55. The van der Waals surface area contributed by atoms with Gasteiger partial charge in [0.25, 0.3) is 0 Å². The molecule has 0 aliphatic carbocycles. The summed E-state index contributed by atoms with van der Waals surface area (Å²) in [6.45, 7) is 6.65. The Morgan fingerprint density at radius 3 is 1.75 bits per heavy atom. The Morgan fingerprint density at radius 2 is 1.20 bits per heavy atom. The molecule has 4 saturated heterocycles. The number of carbonyl (C=O) groups is 2. The van der Waals surface area contributed by atoms with Gasteiger partial charge in [-0.2, -0.15) is 0 Å². The Bertz CT molecular complexity index is 1790. The third-order valence-corrected chi connectivity index (χ3v) is 10.4. The van der Waals surface area contributed by atoms with Gasteiger partial charge in [-0.05, 0) is 39.9 Å². The SMILES string of the molecule is Clc1ncc(CBr)cn1.O=C(OCc1ccccc1)N1CCO[C@@H]2CN(Cc3cnc(Cl)nc3)C[C@@H]21.O=C(OCc1ccccc1)N1CCO[C@@H]2CNC[C@@H]21. The van der Waals surface area contributed by atoms with Crippen molar-refractivity contribution in [1.29, 1.82) is 0 Å². The predicted molar refractivity (Wildman–Crippen MR) is 209 cm³/mol. The zero-order valence-corrected chi connectivity index (χ0v) is 33.2. The zero-order chi connectivity index (χ0) is 38.4. The first-order valence-corrected chi connectivity index (χ1v) is 19.8. The van der Waals surface area contributed by atoms with Crippen LogP contribution in [0, 0.1) is 0 Å². The number of morpholine rings is 2. The molecule has 292 valence electrons. The topological polar surface area (TPSA) is 144 Å². The van der Waals surface area contributed by atoms with Crippen LogP contribution in [0.2, 0.25) is 10.6 Å². The minimum atomic E-state index is -0.283. The first kappa shape index (κ1) is 40.7. The van der Waals surface area contributed by atoms with E-state index in [2.05, 4.69) is 46.1 Å². The number of ether oxygens (including phenoxy) is 4. The number of nitrogens with one attached hydrogen (secondary N) is 1. The number of rotatable bonds is 7. The van der Waals surface area contributed by atoms with Crippen LogP contribution < -0.4 is 5.32 Å². The molecule has 4 fully saturated rings. The van der Waals surface area contributed by atoms with Crippen molar-refractivity contribution in [2.45, 2.75) is 49.4 Å². The van der Waals surface area contributed by atoms with Crippen molar-refractivity contribution in [1.82, 2.24) is 40.0 Å². The lowest BCUT2D eigenvalue weighted by Gasteiger charge is -2.36. The van der Waals surface area contributed by atoms with Gasteiger partial charge >= 0.3 is 12.2 Å². The van der Waals surface area contributed by atoms with E-state index in [9.17, 15) is 9.59 Å². The summed E-state index contributed by atoms with van der Waals surface area (Å²) in [4.78, 5) is 46.2. The van der Waals surface area contributed by atoms with E-state index in [0.29, 0.717) is 44.7 Å². The highest BCUT2D eigenvalue weighted by Gasteiger charge is 2.43. The molecule has 4 aromatic rings. The quantitative estimate of drug-likeness (QED) is 0.189. The molecule has 4 atom stereocenters. The molecular weight excluding hydrogens is 815 g/mol. The second-order valence-electron chi connectivity index (χ2n) is 13.1. The van der Waals surface area contributed by atoms with Crippen molar-refractivity contribution >= 4 is 51.3 Å². The van der Waals surface area contributed by atoms with Crippen LogP contribution in [0.3, 0.4) is 0 Å². The molecule has 2 aromatic heterocycles. The van der Waals surface area contributed by atoms with Crippen molar-refractivity contribution < 1.29 is 28.5 Å². The van der Waals surface area contributed by atoms with E-state index in [4.69, 9.17) is 42.1 Å². The average molecular weight is 859 g/mol. The summed E-state index contributed by atoms with van der Waals surface area (Å²) >= 11 is 14.4. The van der Waals surface area contributed by atoms with Crippen LogP contribution in [0.1, 0.15) is 22.3 Å². The van der Waals surface area contributed by atoms with Crippen LogP contribution in [-0.4, -0.2) is 124 Å². The monoisotopic (exact) mass is 856 g/mol. The second-order valence-corrected chi connectivity index (χ2v) is 14.4. The van der Waals surface area contributed by atoms with Gasteiger partial charge in [0.1, 0.15) is 13.2 Å². The molecule has 0 spiro atoms. The summed E-state index contributed by atoms with van der Waals surface area (Å²) < 4.78 is 22.4. The van der Waals surface area contributed by atoms with Gasteiger partial charge in [-0.15, -0.1) is 0 Å². The molecule has 4 aliphatic rings. The number of fused-ring (bicyclic) bond motifs is 2. The van der Waals surface area contributed by atoms with E-state index in [-0.39, 0.29) is 48.4 Å². The molecule has 2 aromatic carbocycles. The van der Waals surface area contributed by atoms with Gasteiger partial charge in [0.05, 0.1) is 37.5 Å². The lowest BCUT2D eigenvalue weighted by atomic mass is 10.1. The largest absolute Gasteiger partial charge is 0.445 e. The van der Waals surface area contributed by atoms with E-state index >= 15 is 0 Å². The van der Waals surface area contributed by atoms with E-state index in [1.807, 2.05) is 60.7 Å². The molecule has 14 nitrogen and oxygen atoms in total. The molecular formula is C38H43BrCl2N8O6. The highest BCUT2D eigenvalue weighted by Crippen LogP contribution is 2.25. The maximum absolute atomic E-state index is 12.6. The van der Waals surface area contributed by atoms with Crippen LogP contribution in [0.4, 0.5) is 9.59 Å². The summed E-state index contributed by atoms with van der Waals surface area (Å²) in [5.74, 6) is 0. The number of amides is 2. The van der Waals surface area contributed by atoms with Crippen molar-refractivity contribution in [2.24, 2.45) is 0 Å². The number of halogens is 3. The van der Waals surface area contributed by atoms with Crippen molar-refractivity contribution in [3.8, 4) is 0 Å². The highest BCUT2D eigenvalue weighted by molar-refractivity contribution is 9.08. The Balaban J connectivity index is 0.000000159. The number of carbonyl (C=O) groups excluding carboxylic acids is 2. The van der Waals surface area contributed by atoms with Crippen LogP contribution in [0.25, 0.3) is 0 Å². The Labute approximate surface area is 338 Å². The van der Waals surface area contributed by atoms with Crippen molar-refractivity contribution in [3.05, 3.63) is 118 Å². The zero-order valence-electron chi connectivity index (χ0n) is 30.1. The van der Waals surface area contributed by atoms with Crippen LogP contribution in [-0.2, 0) is 44.0 Å². The molecule has 0 bridgehead atoms. The summed E-state index contributed by atoms with van der Waals surface area (Å²) in [6.07, 6.45) is 6.40. The van der Waals surface area contributed by atoms with Gasteiger partial charge in [0.15, 0.2) is 0 Å². The predicted octanol–water partition coefficient (Wildman–Crippen LogP) is 5.37. The molecule has 55 heavy (non-hydrogen) atoms. The first-order valence-electron chi connectivity index (χ1n) is 18.0. The molecule has 4 aliphatic heterocycles. The number of likely N-dealkylation sites (tertiary alicyclic amines) is 1. The van der Waals surface area contributed by atoms with Gasteiger partial charge in [-0.1, -0.05) is 76.6 Å². The fraction of sp³-hybridized carbons (Fsp3) is 0.421. The Hall–Kier alpha value is -3.96. The molecule has 17 heteroatoms. The average Bonchev–Trinajstić information content (AvgIpc) is 3.89. The molecule has 0 saturated carbocycles. The van der Waals surface area contributed by atoms with E-state index in [0.717, 1.165) is 53.8 Å². The van der Waals surface area contributed by atoms with Crippen LogP contribution in [0.15, 0.2) is 85.5 Å². The molecule has 1 N–H and O–H groups in total. The summed E-state index contributed by atoms with van der Waals surface area (Å²) in [6, 6.07) is 19.5. The summed E-state index contributed by atoms with van der Waals surface area (Å²) in [5.41, 5.74) is 3.99. The maximum Gasteiger partial charge on any atom is 0.410 e. The normalized spacial score (nSPS) is 21.6. The molecule has 8 rings (SSSR count). The number of alkyl halides is 1. The first-order chi connectivity index (χ1) is 26.9. The fourth-order valence-corrected chi connectivity index (χ4v) is 7.11. The molecule has 6 heterocycles. The number of aromatic nitrogens is 4. The Kier molecular flexibility index (Phi) is 15.4. The van der Waals surface area contributed by atoms with Gasteiger partial charge < -0.3 is 24.3 Å². The lowest BCUT2D eigenvalue weighted by molar-refractivity contribution is -0.0446. The lowest BCUT2D eigenvalue weighted by Crippen LogP contribution is -2.53. The third-order valence-electron chi connectivity index (χ3n) is 9.36. The number of hydrogen-bond donors (Lipinski definition) is 1. The van der Waals surface area contributed by atoms with Crippen LogP contribution >= 0.6 is 39.1 Å². The Morgan fingerprint density at radius 1 is 0.691 bits per heavy atom. The van der Waals surface area contributed by atoms with E-state index < -0.39 is 0 Å². The highest BCUT2D eigenvalue weighted by atomic mass is 79.9. The van der Waals surface area contributed by atoms with Gasteiger partial charge in [0, 0.05) is 81.5 Å². The van der Waals surface area contributed by atoms with E-state index in [1.165, 1.54) is 0 Å². The number of nitrogens with zero attached hydrogens (tertiary/aromatic N) is 7. The smallest absolute Gasteiger partial charge is 0.410 e. The van der Waals surface area contributed by atoms with Gasteiger partial charge in [-0.3, -0.25) is 14.7 Å². The second kappa shape index (κ2) is 20.8. The van der Waals surface area contributed by atoms with Crippen LogP contribution in [0.5, 0.6) is 0 Å². The van der Waals surface area contributed by atoms with Gasteiger partial charge in [-0.25, -0.2) is 29.5 Å².